The van der Waals surface area contributed by atoms with Gasteiger partial charge in [-0.25, -0.2) is 0 Å². The Bertz CT molecular complexity index is 5920. The van der Waals surface area contributed by atoms with Crippen LogP contribution in [0, 0.1) is 44.4 Å². The van der Waals surface area contributed by atoms with Gasteiger partial charge in [-0.2, -0.15) is 0 Å². The molecule has 21 rings (SSSR count). The summed E-state index contributed by atoms with van der Waals surface area (Å²) in [5.41, 5.74) is 26.1. The fourth-order valence-corrected chi connectivity index (χ4v) is 21.8. The van der Waals surface area contributed by atoms with Crippen molar-refractivity contribution >= 4 is 28.3 Å². The minimum atomic E-state index is 0.213. The molecule has 15 nitrogen and oxygen atoms in total. The van der Waals surface area contributed by atoms with Gasteiger partial charge in [-0.3, -0.25) is 0 Å². The molecule has 0 saturated heterocycles. The highest BCUT2D eigenvalue weighted by molar-refractivity contribution is 5.90. The number of hydrogen-bond donors (Lipinski definition) is 2. The molecule has 2 unspecified atom stereocenters. The third-order valence-electron chi connectivity index (χ3n) is 28.8. The second-order valence-electron chi connectivity index (χ2n) is 39.7. The lowest BCUT2D eigenvalue weighted by Gasteiger charge is -2.36. The van der Waals surface area contributed by atoms with Gasteiger partial charge >= 0.3 is 0 Å². The van der Waals surface area contributed by atoms with E-state index in [1.54, 1.807) is 45.6 Å². The number of methoxy groups -OCH3 is 3. The molecule has 0 radical (unpaired) electrons. The Morgan fingerprint density at radius 3 is 0.978 bits per heavy atom. The highest BCUT2D eigenvalue weighted by atomic mass is 16.5. The van der Waals surface area contributed by atoms with Gasteiger partial charge in [-0.15, -0.1) is 0 Å². The minimum Gasteiger partial charge on any atom is -0.508 e. The largest absolute Gasteiger partial charge is 0.508 e. The Morgan fingerprint density at radius 2 is 0.600 bits per heavy atom. The zero-order chi connectivity index (χ0) is 95.0. The molecule has 3 fully saturated rings. The highest BCUT2D eigenvalue weighted by Gasteiger charge is 2.40. The monoisotopic (exact) mass is 1810 g/mol. The first kappa shape index (κ1) is 95.5. The predicted octanol–water partition coefficient (Wildman–Crippen LogP) is 31.5. The highest BCUT2D eigenvalue weighted by Crippen LogP contribution is 2.58. The number of anilines is 4. The molecule has 12 aromatic rings. The van der Waals surface area contributed by atoms with Gasteiger partial charge in [-0.05, 0) is 204 Å². The van der Waals surface area contributed by atoms with Gasteiger partial charge in [0.2, 0.25) is 0 Å². The molecule has 2 atom stereocenters. The number of fused-ring (bicyclic) bond motifs is 12. The van der Waals surface area contributed by atoms with E-state index in [9.17, 15) is 10.2 Å². The van der Waals surface area contributed by atoms with E-state index < -0.39 is 0 Å². The first-order chi connectivity index (χ1) is 65.2. The average Bonchev–Trinajstić information content (AvgIpc) is 1.75. The molecule has 2 N–H and O–H groups in total. The van der Waals surface area contributed by atoms with Crippen LogP contribution in [0.3, 0.4) is 0 Å². The van der Waals surface area contributed by atoms with E-state index in [2.05, 4.69) is 277 Å². The third kappa shape index (κ3) is 21.2. The van der Waals surface area contributed by atoms with E-state index in [1.165, 1.54) is 211 Å². The smallest absolute Gasteiger partial charge is 0.138 e. The first-order valence-corrected chi connectivity index (χ1v) is 49.3. The number of nitrogens with zero attached hydrogens (tertiary/aromatic N) is 4. The summed E-state index contributed by atoms with van der Waals surface area (Å²) in [6.07, 6.45) is 23.4. The molecule has 9 aliphatic rings. The molecule has 706 valence electrons. The van der Waals surface area contributed by atoms with E-state index in [4.69, 9.17) is 42.6 Å². The average molecular weight is 1810 g/mol. The van der Waals surface area contributed by atoms with Crippen molar-refractivity contribution in [3.63, 3.8) is 0 Å². The van der Waals surface area contributed by atoms with E-state index in [0.717, 1.165) is 109 Å². The van der Waals surface area contributed by atoms with Crippen LogP contribution in [0.25, 0.3) is 5.57 Å². The number of rotatable bonds is 16. The van der Waals surface area contributed by atoms with Crippen molar-refractivity contribution < 1.29 is 52.8 Å². The zero-order valence-electron chi connectivity index (χ0n) is 83.1. The molecular formula is C120H140N4O11. The Kier molecular flexibility index (Phi) is 30.1. The predicted molar refractivity (Wildman–Crippen MR) is 553 cm³/mol. The summed E-state index contributed by atoms with van der Waals surface area (Å²) in [5, 5.41) is 19.5. The summed E-state index contributed by atoms with van der Waals surface area (Å²) in [7, 11) is 21.7. The minimum absolute atomic E-state index is 0.213. The number of ether oxygens (including phenoxy) is 9. The molecule has 135 heavy (non-hydrogen) atoms. The van der Waals surface area contributed by atoms with Gasteiger partial charge in [0.15, 0.2) is 0 Å². The standard InChI is InChI=1S/2C22H28N2O.C21H26O2.C19H20O3.C18H20O2.C18H18O2/c2*1-23(2)16-9-11-18-20(13-16)25-21-14-17(24(3)4)10-12-19(21)22(18)15-7-5-6-8-15;1-4-5-6-7-8-17-18-11-9-15(2)13-20(18)23-21-14-16(22-3)10-12-19(17)21;20-13-6-8-15-17(10-13)22-18-11-14(21)7-9-16(18)19(15)12-4-2-1-3-5-12;2*1-11(2)18-14-7-5-12(3)9-16(14)20-17-10-13(19-4)6-8-15(17)18/h2*9-15,22H,5-8H2,1-4H3;9-14,17H,4-8H2,1-3H3;6-12,19-21H,1-5H2;5-11,18H,1-4H3;5-10H,1-4H3. The molecule has 6 aliphatic heterocycles. The number of unbranched alkanes of at least 4 members (excludes halogenated alkanes) is 3. The summed E-state index contributed by atoms with van der Waals surface area (Å²) in [5.74, 6) is 18.7. The maximum Gasteiger partial charge on any atom is 0.138 e. The van der Waals surface area contributed by atoms with Crippen molar-refractivity contribution in [2.45, 2.75) is 201 Å². The van der Waals surface area contributed by atoms with E-state index >= 15 is 0 Å². The van der Waals surface area contributed by atoms with Gasteiger partial charge in [-0.1, -0.05) is 182 Å². The number of aromatic hydroxyl groups is 2. The quantitative estimate of drug-likeness (QED) is 0.0888. The Morgan fingerprint density at radius 1 is 0.319 bits per heavy atom. The number of aryl methyl sites for hydroxylation is 3. The molecular weight excluding hydrogens is 1670 g/mol. The van der Waals surface area contributed by atoms with Crippen LogP contribution in [0.4, 0.5) is 22.7 Å². The summed E-state index contributed by atoms with van der Waals surface area (Å²) in [6, 6.07) is 75.4. The van der Waals surface area contributed by atoms with Crippen LogP contribution in [0.5, 0.6) is 97.7 Å². The topological polar surface area (TPSA) is 136 Å². The summed E-state index contributed by atoms with van der Waals surface area (Å²) in [6.45, 7) is 17.3. The van der Waals surface area contributed by atoms with Crippen LogP contribution in [0.2, 0.25) is 0 Å². The molecule has 3 saturated carbocycles. The fraction of sp³-hybridized carbons (Fsp3) is 0.383. The van der Waals surface area contributed by atoms with Gasteiger partial charge in [0.25, 0.3) is 0 Å². The summed E-state index contributed by atoms with van der Waals surface area (Å²) in [4.78, 5) is 8.56. The number of phenolic OH excluding ortho intramolecular Hbond substituents is 2. The van der Waals surface area contributed by atoms with Crippen molar-refractivity contribution in [3.8, 4) is 97.7 Å². The number of benzene rings is 12. The first-order valence-electron chi connectivity index (χ1n) is 49.3. The van der Waals surface area contributed by atoms with Crippen molar-refractivity contribution in [1.29, 1.82) is 0 Å². The lowest BCUT2D eigenvalue weighted by molar-refractivity contribution is 0.308. The van der Waals surface area contributed by atoms with Crippen molar-refractivity contribution in [2.75, 3.05) is 97.3 Å². The van der Waals surface area contributed by atoms with Crippen LogP contribution in [-0.2, 0) is 0 Å². The van der Waals surface area contributed by atoms with E-state index in [1.807, 2.05) is 48.5 Å². The number of allylic oxidation sites excluding steroid dienone is 1. The van der Waals surface area contributed by atoms with Crippen molar-refractivity contribution in [2.24, 2.45) is 23.7 Å². The molecule has 0 bridgehead atoms. The molecule has 6 heterocycles. The Balaban J connectivity index is 0.000000118. The number of hydrogen-bond acceptors (Lipinski definition) is 15. The van der Waals surface area contributed by atoms with Crippen molar-refractivity contribution in [1.82, 2.24) is 0 Å². The van der Waals surface area contributed by atoms with Crippen LogP contribution in [-0.4, -0.2) is 87.9 Å². The van der Waals surface area contributed by atoms with E-state index in [-0.39, 0.29) is 11.5 Å². The molecule has 15 heteroatoms. The van der Waals surface area contributed by atoms with Gasteiger partial charge in [0.1, 0.15) is 97.7 Å². The Labute approximate surface area is 803 Å². The lowest BCUT2D eigenvalue weighted by atomic mass is 9.72. The second kappa shape index (κ2) is 42.5. The summed E-state index contributed by atoms with van der Waals surface area (Å²) < 4.78 is 53.0. The van der Waals surface area contributed by atoms with E-state index in [0.29, 0.717) is 52.9 Å². The van der Waals surface area contributed by atoms with Gasteiger partial charge in [0.05, 0.1) is 21.3 Å². The second-order valence-corrected chi connectivity index (χ2v) is 39.7. The molecule has 3 aliphatic carbocycles. The maximum atomic E-state index is 9.76. The molecule has 0 aromatic heterocycles. The third-order valence-corrected chi connectivity index (χ3v) is 28.8. The van der Waals surface area contributed by atoms with Crippen LogP contribution in [0.1, 0.15) is 263 Å². The molecule has 12 aromatic carbocycles. The van der Waals surface area contributed by atoms with Crippen LogP contribution >= 0.6 is 0 Å². The Hall–Kier alpha value is -12.6. The van der Waals surface area contributed by atoms with Crippen molar-refractivity contribution in [3.05, 3.63) is 307 Å². The SMILES string of the molecule is CCCCCCC1c2ccc(C)cc2Oc2cc(OC)ccc21.CN(C)c1ccc2c(c1)Oc1cc(N(C)C)ccc1C2C1CCCC1.CN(C)c1ccc2c(c1)Oc1cc(N(C)C)ccc1C2C1CCCC1.COc1ccc2c(c1)Oc1cc(C)ccc1C2=C(C)C.COc1ccc2c(c1)Oc1cc(C)ccc1C2C(C)C.Oc1ccc2c(c1)Oc1cc(O)ccc1C2C1CCCCC1. The number of phenols is 2. The summed E-state index contributed by atoms with van der Waals surface area (Å²) >= 11 is 0. The maximum absolute atomic E-state index is 9.76. The van der Waals surface area contributed by atoms with Gasteiger partial charge < -0.3 is 72.4 Å². The fourth-order valence-electron chi connectivity index (χ4n) is 21.8. The lowest BCUT2D eigenvalue weighted by Crippen LogP contribution is -2.21. The normalized spacial score (nSPS) is 16.2. The molecule has 0 amide bonds. The van der Waals surface area contributed by atoms with Crippen LogP contribution < -0.4 is 62.2 Å². The van der Waals surface area contributed by atoms with Gasteiger partial charge in [0, 0.05) is 230 Å². The van der Waals surface area contributed by atoms with Crippen LogP contribution in [0.15, 0.2) is 224 Å². The zero-order valence-corrected chi connectivity index (χ0v) is 83.1. The molecule has 0 spiro atoms.